The van der Waals surface area contributed by atoms with Gasteiger partial charge in [-0.15, -0.1) is 0 Å². The molecule has 1 heterocycles. The third-order valence-electron chi connectivity index (χ3n) is 12.4. The Labute approximate surface area is 345 Å². The highest BCUT2D eigenvalue weighted by Crippen LogP contribution is 2.51. The number of fused-ring (bicyclic) bond motifs is 6. The van der Waals surface area contributed by atoms with E-state index in [1.165, 1.54) is 83.1 Å². The van der Waals surface area contributed by atoms with Crippen LogP contribution in [0.4, 0.5) is 17.1 Å². The van der Waals surface area contributed by atoms with E-state index in [-0.39, 0.29) is 5.41 Å². The molecule has 0 saturated heterocycles. The smallest absolute Gasteiger partial charge is 0.0541 e. The number of aromatic nitrogens is 1. The van der Waals surface area contributed by atoms with Gasteiger partial charge >= 0.3 is 0 Å². The summed E-state index contributed by atoms with van der Waals surface area (Å²) in [5, 5.41) is 2.54. The Kier molecular flexibility index (Phi) is 8.20. The third kappa shape index (κ3) is 5.79. The van der Waals surface area contributed by atoms with Crippen LogP contribution >= 0.6 is 0 Å². The summed E-state index contributed by atoms with van der Waals surface area (Å²) in [6, 6.07) is 79.7. The van der Waals surface area contributed by atoms with Gasteiger partial charge in [0.1, 0.15) is 0 Å². The third-order valence-corrected chi connectivity index (χ3v) is 12.4. The van der Waals surface area contributed by atoms with Crippen molar-refractivity contribution in [3.8, 4) is 50.2 Å². The van der Waals surface area contributed by atoms with Gasteiger partial charge in [-0.2, -0.15) is 0 Å². The summed E-state index contributed by atoms with van der Waals surface area (Å²) in [5.41, 5.74) is 19.5. The van der Waals surface area contributed by atoms with Crippen molar-refractivity contribution in [2.45, 2.75) is 19.3 Å². The molecule has 0 atom stereocenters. The molecule has 0 unspecified atom stereocenters. The summed E-state index contributed by atoms with van der Waals surface area (Å²) in [7, 11) is 0. The number of rotatable bonds is 7. The molecular formula is C57H42N2. The molecule has 2 heteroatoms. The maximum absolute atomic E-state index is 2.41. The fourth-order valence-electron chi connectivity index (χ4n) is 9.47. The maximum atomic E-state index is 2.41. The van der Waals surface area contributed by atoms with Gasteiger partial charge in [-0.25, -0.2) is 0 Å². The predicted molar refractivity (Wildman–Crippen MR) is 249 cm³/mol. The molecule has 0 fully saturated rings. The van der Waals surface area contributed by atoms with E-state index < -0.39 is 0 Å². The van der Waals surface area contributed by atoms with Gasteiger partial charge in [-0.05, 0) is 105 Å². The van der Waals surface area contributed by atoms with E-state index in [1.807, 2.05) is 0 Å². The van der Waals surface area contributed by atoms with Gasteiger partial charge in [0.2, 0.25) is 0 Å². The molecule has 9 aromatic carbocycles. The van der Waals surface area contributed by atoms with Gasteiger partial charge in [0, 0.05) is 38.8 Å². The van der Waals surface area contributed by atoms with Crippen molar-refractivity contribution in [3.05, 3.63) is 230 Å². The zero-order valence-electron chi connectivity index (χ0n) is 33.2. The van der Waals surface area contributed by atoms with Crippen molar-refractivity contribution in [2.75, 3.05) is 4.90 Å². The molecule has 10 aromatic rings. The number of hydrogen-bond acceptors (Lipinski definition) is 1. The predicted octanol–water partition coefficient (Wildman–Crippen LogP) is 15.6. The number of benzene rings is 9. The normalized spacial score (nSPS) is 12.7. The van der Waals surface area contributed by atoms with Crippen LogP contribution in [0.1, 0.15) is 25.0 Å². The minimum absolute atomic E-state index is 0.0977. The van der Waals surface area contributed by atoms with E-state index in [2.05, 4.69) is 242 Å². The van der Waals surface area contributed by atoms with Crippen molar-refractivity contribution in [3.63, 3.8) is 0 Å². The largest absolute Gasteiger partial charge is 0.310 e. The molecule has 1 aromatic heterocycles. The molecule has 59 heavy (non-hydrogen) atoms. The van der Waals surface area contributed by atoms with Crippen LogP contribution in [0.2, 0.25) is 0 Å². The molecule has 0 N–H and O–H groups in total. The van der Waals surface area contributed by atoms with Gasteiger partial charge < -0.3 is 9.47 Å². The van der Waals surface area contributed by atoms with Gasteiger partial charge in [0.05, 0.1) is 16.7 Å². The molecule has 2 nitrogen and oxygen atoms in total. The van der Waals surface area contributed by atoms with E-state index in [4.69, 9.17) is 0 Å². The highest BCUT2D eigenvalue weighted by molar-refractivity contribution is 6.09. The first-order valence-electron chi connectivity index (χ1n) is 20.5. The van der Waals surface area contributed by atoms with Crippen LogP contribution < -0.4 is 4.90 Å². The Morgan fingerprint density at radius 3 is 1.58 bits per heavy atom. The van der Waals surface area contributed by atoms with Crippen LogP contribution in [0.25, 0.3) is 72.0 Å². The lowest BCUT2D eigenvalue weighted by Crippen LogP contribution is -2.16. The topological polar surface area (TPSA) is 8.17 Å². The summed E-state index contributed by atoms with van der Waals surface area (Å²) in [6.45, 7) is 4.70. The summed E-state index contributed by atoms with van der Waals surface area (Å²) in [6.07, 6.45) is 0. The zero-order chi connectivity index (χ0) is 39.5. The fraction of sp³-hybridized carbons (Fsp3) is 0.0526. The Hall–Kier alpha value is -7.42. The molecule has 280 valence electrons. The average Bonchev–Trinajstić information content (AvgIpc) is 3.75. The first kappa shape index (κ1) is 34.8. The molecule has 0 amide bonds. The average molecular weight is 755 g/mol. The maximum Gasteiger partial charge on any atom is 0.0541 e. The van der Waals surface area contributed by atoms with Crippen LogP contribution in [0.5, 0.6) is 0 Å². The second-order valence-electron chi connectivity index (χ2n) is 16.2. The van der Waals surface area contributed by atoms with Crippen molar-refractivity contribution in [1.82, 2.24) is 4.57 Å². The highest BCUT2D eigenvalue weighted by Gasteiger charge is 2.35. The van der Waals surface area contributed by atoms with Gasteiger partial charge in [-0.1, -0.05) is 178 Å². The number of hydrogen-bond donors (Lipinski definition) is 0. The Bertz CT molecular complexity index is 3120. The van der Waals surface area contributed by atoms with E-state index in [0.717, 1.165) is 17.1 Å². The van der Waals surface area contributed by atoms with Crippen molar-refractivity contribution in [1.29, 1.82) is 0 Å². The molecule has 0 aliphatic heterocycles. The van der Waals surface area contributed by atoms with Crippen LogP contribution in [0, 0.1) is 0 Å². The summed E-state index contributed by atoms with van der Waals surface area (Å²) in [4.78, 5) is 2.41. The number of nitrogens with zero attached hydrogens (tertiary/aromatic N) is 2. The highest BCUT2D eigenvalue weighted by atomic mass is 15.1. The Balaban J connectivity index is 0.964. The first-order valence-corrected chi connectivity index (χ1v) is 20.5. The molecule has 0 bridgehead atoms. The van der Waals surface area contributed by atoms with Gasteiger partial charge in [-0.3, -0.25) is 0 Å². The lowest BCUT2D eigenvalue weighted by atomic mass is 9.82. The standard InChI is InChI=1S/C57H42N2/c1-57(2)52-23-10-6-20-48(52)49-36-35-46(38-53(49)57)58(45-18-14-17-43(37-45)39-15-4-3-5-16-39)44-33-31-41(32-34-44)40-27-29-42(30-28-40)47-19-7-11-24-54(47)59-55-25-12-8-21-50(55)51-22-9-13-26-56(51)59/h3-38H,1-2H3. The quantitative estimate of drug-likeness (QED) is 0.157. The molecular weight excluding hydrogens is 713 g/mol. The molecule has 0 saturated carbocycles. The first-order chi connectivity index (χ1) is 29.0. The SMILES string of the molecule is CC1(C)c2ccccc2-c2ccc(N(c3ccc(-c4ccc(-c5ccccc5-n5c6ccccc6c6ccccc65)cc4)cc3)c3cccc(-c4ccccc4)c3)cc21. The minimum atomic E-state index is -0.0977. The van der Waals surface area contributed by atoms with Crippen LogP contribution in [0.3, 0.4) is 0 Å². The van der Waals surface area contributed by atoms with Crippen LogP contribution in [0.15, 0.2) is 218 Å². The summed E-state index contributed by atoms with van der Waals surface area (Å²) < 4.78 is 2.41. The fourth-order valence-corrected chi connectivity index (χ4v) is 9.47. The van der Waals surface area contributed by atoms with Gasteiger partial charge in [0.15, 0.2) is 0 Å². The van der Waals surface area contributed by atoms with Crippen molar-refractivity contribution in [2.24, 2.45) is 0 Å². The van der Waals surface area contributed by atoms with E-state index in [9.17, 15) is 0 Å². The summed E-state index contributed by atoms with van der Waals surface area (Å²) >= 11 is 0. The van der Waals surface area contributed by atoms with Crippen LogP contribution in [-0.4, -0.2) is 4.57 Å². The van der Waals surface area contributed by atoms with E-state index in [1.54, 1.807) is 0 Å². The Morgan fingerprint density at radius 1 is 0.339 bits per heavy atom. The van der Waals surface area contributed by atoms with E-state index in [0.29, 0.717) is 0 Å². The van der Waals surface area contributed by atoms with Crippen molar-refractivity contribution >= 4 is 38.9 Å². The molecule has 11 rings (SSSR count). The lowest BCUT2D eigenvalue weighted by Gasteiger charge is -2.28. The minimum Gasteiger partial charge on any atom is -0.310 e. The van der Waals surface area contributed by atoms with Crippen molar-refractivity contribution < 1.29 is 0 Å². The molecule has 0 radical (unpaired) electrons. The van der Waals surface area contributed by atoms with E-state index >= 15 is 0 Å². The molecule has 1 aliphatic rings. The lowest BCUT2D eigenvalue weighted by molar-refractivity contribution is 0.660. The molecule has 0 spiro atoms. The van der Waals surface area contributed by atoms with Crippen LogP contribution in [-0.2, 0) is 5.41 Å². The number of anilines is 3. The van der Waals surface area contributed by atoms with Gasteiger partial charge in [0.25, 0.3) is 0 Å². The molecule has 1 aliphatic carbocycles. The zero-order valence-corrected chi connectivity index (χ0v) is 33.2. The Morgan fingerprint density at radius 2 is 0.847 bits per heavy atom. The second-order valence-corrected chi connectivity index (χ2v) is 16.2. The number of para-hydroxylation sites is 3. The second kappa shape index (κ2) is 13.9. The summed E-state index contributed by atoms with van der Waals surface area (Å²) in [5.74, 6) is 0. The monoisotopic (exact) mass is 754 g/mol.